The first-order valence-electron chi connectivity index (χ1n) is 6.53. The molecule has 0 saturated carbocycles. The Bertz CT molecular complexity index is 419. The monoisotopic (exact) mass is 318 g/mol. The van der Waals surface area contributed by atoms with E-state index in [1.165, 1.54) is 0 Å². The quantitative estimate of drug-likeness (QED) is 0.724. The Morgan fingerprint density at radius 3 is 2.55 bits per heavy atom. The number of carbonyl (C=O) groups excluding carboxylic acids is 1. The zero-order valence-corrected chi connectivity index (χ0v) is 13.2. The molecule has 1 aromatic rings. The summed E-state index contributed by atoms with van der Waals surface area (Å²) in [5.74, 6) is 0.324. The third kappa shape index (κ3) is 6.57. The molecule has 6 heteroatoms. The molecule has 0 aliphatic carbocycles. The van der Waals surface area contributed by atoms with Crippen LogP contribution >= 0.6 is 23.2 Å². The second kappa shape index (κ2) is 9.19. The van der Waals surface area contributed by atoms with Gasteiger partial charge in [-0.3, -0.25) is 4.79 Å². The molecule has 20 heavy (non-hydrogen) atoms. The van der Waals surface area contributed by atoms with Gasteiger partial charge in [0.1, 0.15) is 0 Å². The highest BCUT2D eigenvalue weighted by Crippen LogP contribution is 2.29. The van der Waals surface area contributed by atoms with E-state index in [-0.39, 0.29) is 12.5 Å². The number of benzene rings is 1. The van der Waals surface area contributed by atoms with Crippen molar-refractivity contribution in [2.75, 3.05) is 31.6 Å². The van der Waals surface area contributed by atoms with Gasteiger partial charge in [0, 0.05) is 13.2 Å². The Morgan fingerprint density at radius 1 is 1.30 bits per heavy atom. The number of nitrogens with one attached hydrogen (secondary N) is 2. The van der Waals surface area contributed by atoms with Crippen LogP contribution in [-0.4, -0.2) is 32.2 Å². The Hall–Kier alpha value is -0.810. The smallest absolute Gasteiger partial charge is 0.238 e. The molecule has 0 spiro atoms. The minimum atomic E-state index is -0.191. The summed E-state index contributed by atoms with van der Waals surface area (Å²) in [6.07, 6.45) is 0. The summed E-state index contributed by atoms with van der Waals surface area (Å²) in [5, 5.41) is 6.52. The number of hydrogen-bond acceptors (Lipinski definition) is 3. The lowest BCUT2D eigenvalue weighted by molar-refractivity contribution is -0.115. The highest BCUT2D eigenvalue weighted by atomic mass is 35.5. The van der Waals surface area contributed by atoms with E-state index >= 15 is 0 Å². The first-order chi connectivity index (χ1) is 9.50. The molecule has 0 aliphatic rings. The van der Waals surface area contributed by atoms with Crippen LogP contribution in [0.4, 0.5) is 5.69 Å². The number of amides is 1. The van der Waals surface area contributed by atoms with Crippen LogP contribution in [0, 0.1) is 5.92 Å². The summed E-state index contributed by atoms with van der Waals surface area (Å²) in [5.41, 5.74) is 0.443. The van der Waals surface area contributed by atoms with Gasteiger partial charge in [0.15, 0.2) is 0 Å². The van der Waals surface area contributed by atoms with Crippen LogP contribution in [-0.2, 0) is 9.53 Å². The molecule has 112 valence electrons. The van der Waals surface area contributed by atoms with Crippen molar-refractivity contribution < 1.29 is 9.53 Å². The van der Waals surface area contributed by atoms with Gasteiger partial charge in [-0.2, -0.15) is 0 Å². The average molecular weight is 319 g/mol. The van der Waals surface area contributed by atoms with Gasteiger partial charge in [-0.25, -0.2) is 0 Å². The van der Waals surface area contributed by atoms with E-state index < -0.39 is 0 Å². The molecule has 0 heterocycles. The predicted molar refractivity (Wildman–Crippen MR) is 83.6 cm³/mol. The third-order valence-electron chi connectivity index (χ3n) is 2.39. The van der Waals surface area contributed by atoms with Gasteiger partial charge in [-0.1, -0.05) is 43.1 Å². The summed E-state index contributed by atoms with van der Waals surface area (Å²) < 4.78 is 5.40. The highest BCUT2D eigenvalue weighted by molar-refractivity contribution is 6.39. The van der Waals surface area contributed by atoms with Crippen molar-refractivity contribution in [2.24, 2.45) is 5.92 Å². The van der Waals surface area contributed by atoms with Crippen LogP contribution in [0.5, 0.6) is 0 Å². The Balaban J connectivity index is 2.24. The summed E-state index contributed by atoms with van der Waals surface area (Å²) in [4.78, 5) is 11.7. The molecule has 0 aliphatic heterocycles. The molecule has 1 aromatic carbocycles. The lowest BCUT2D eigenvalue weighted by Crippen LogP contribution is -2.30. The molecule has 0 atom stereocenters. The van der Waals surface area contributed by atoms with Gasteiger partial charge in [-0.15, -0.1) is 0 Å². The number of halogens is 2. The molecular weight excluding hydrogens is 299 g/mol. The van der Waals surface area contributed by atoms with E-state index in [9.17, 15) is 4.79 Å². The van der Waals surface area contributed by atoms with Gasteiger partial charge in [0.2, 0.25) is 5.91 Å². The zero-order valence-electron chi connectivity index (χ0n) is 11.7. The number of para-hydroxylation sites is 1. The first-order valence-corrected chi connectivity index (χ1v) is 7.28. The molecular formula is C14H20Cl2N2O2. The van der Waals surface area contributed by atoms with E-state index in [0.717, 1.165) is 6.61 Å². The van der Waals surface area contributed by atoms with Crippen molar-refractivity contribution in [3.8, 4) is 0 Å². The number of anilines is 1. The van der Waals surface area contributed by atoms with Crippen LogP contribution in [0.25, 0.3) is 0 Å². The minimum absolute atomic E-state index is 0.187. The Labute approximate surface area is 129 Å². The second-order valence-corrected chi connectivity index (χ2v) is 5.60. The SMILES string of the molecule is CC(C)COCCNCC(=O)Nc1c(Cl)cccc1Cl. The Morgan fingerprint density at radius 2 is 1.95 bits per heavy atom. The molecule has 0 saturated heterocycles. The fraction of sp³-hybridized carbons (Fsp3) is 0.500. The maximum absolute atomic E-state index is 11.7. The van der Waals surface area contributed by atoms with Crippen molar-refractivity contribution in [2.45, 2.75) is 13.8 Å². The van der Waals surface area contributed by atoms with Crippen molar-refractivity contribution >= 4 is 34.8 Å². The van der Waals surface area contributed by atoms with E-state index in [1.54, 1.807) is 18.2 Å². The number of hydrogen-bond donors (Lipinski definition) is 2. The van der Waals surface area contributed by atoms with Crippen molar-refractivity contribution in [3.05, 3.63) is 28.2 Å². The predicted octanol–water partition coefficient (Wildman–Crippen LogP) is 3.19. The molecule has 4 nitrogen and oxygen atoms in total. The standard InChI is InChI=1S/C14H20Cl2N2O2/c1-10(2)9-20-7-6-17-8-13(19)18-14-11(15)4-3-5-12(14)16/h3-5,10,17H,6-9H2,1-2H3,(H,18,19). The van der Waals surface area contributed by atoms with Crippen LogP contribution < -0.4 is 10.6 Å². The van der Waals surface area contributed by atoms with Crippen molar-refractivity contribution in [3.63, 3.8) is 0 Å². The normalized spacial score (nSPS) is 10.8. The van der Waals surface area contributed by atoms with Crippen LogP contribution in [0.15, 0.2) is 18.2 Å². The maximum atomic E-state index is 11.7. The fourth-order valence-electron chi connectivity index (χ4n) is 1.47. The van der Waals surface area contributed by atoms with E-state index in [1.807, 2.05) is 0 Å². The molecule has 0 bridgehead atoms. The number of carbonyl (C=O) groups is 1. The summed E-state index contributed by atoms with van der Waals surface area (Å²) >= 11 is 11.9. The molecule has 2 N–H and O–H groups in total. The lowest BCUT2D eigenvalue weighted by Gasteiger charge is -2.10. The number of ether oxygens (including phenoxy) is 1. The van der Waals surface area contributed by atoms with Crippen molar-refractivity contribution in [1.29, 1.82) is 0 Å². The zero-order chi connectivity index (χ0) is 15.0. The van der Waals surface area contributed by atoms with Gasteiger partial charge in [0.25, 0.3) is 0 Å². The molecule has 0 aromatic heterocycles. The van der Waals surface area contributed by atoms with E-state index in [2.05, 4.69) is 24.5 Å². The summed E-state index contributed by atoms with van der Waals surface area (Å²) in [6.45, 7) is 6.30. The Kier molecular flexibility index (Phi) is 7.92. The van der Waals surface area contributed by atoms with Gasteiger partial charge in [0.05, 0.1) is 28.9 Å². The minimum Gasteiger partial charge on any atom is -0.380 e. The third-order valence-corrected chi connectivity index (χ3v) is 3.02. The lowest BCUT2D eigenvalue weighted by atomic mass is 10.2. The maximum Gasteiger partial charge on any atom is 0.238 e. The first kappa shape index (κ1) is 17.2. The average Bonchev–Trinajstić information content (AvgIpc) is 2.38. The van der Waals surface area contributed by atoms with Gasteiger partial charge in [-0.05, 0) is 18.1 Å². The van der Waals surface area contributed by atoms with E-state index in [0.29, 0.717) is 34.8 Å². The summed E-state index contributed by atoms with van der Waals surface area (Å²) in [7, 11) is 0. The van der Waals surface area contributed by atoms with Gasteiger partial charge < -0.3 is 15.4 Å². The topological polar surface area (TPSA) is 50.4 Å². The van der Waals surface area contributed by atoms with Crippen LogP contribution in [0.1, 0.15) is 13.8 Å². The fourth-order valence-corrected chi connectivity index (χ4v) is 1.96. The van der Waals surface area contributed by atoms with Gasteiger partial charge >= 0.3 is 0 Å². The second-order valence-electron chi connectivity index (χ2n) is 4.79. The molecule has 1 rings (SSSR count). The van der Waals surface area contributed by atoms with Crippen LogP contribution in [0.2, 0.25) is 10.0 Å². The molecule has 0 fully saturated rings. The highest BCUT2D eigenvalue weighted by Gasteiger charge is 2.08. The molecule has 1 amide bonds. The van der Waals surface area contributed by atoms with Crippen LogP contribution in [0.3, 0.4) is 0 Å². The van der Waals surface area contributed by atoms with E-state index in [4.69, 9.17) is 27.9 Å². The molecule has 0 unspecified atom stereocenters. The molecule has 0 radical (unpaired) electrons. The largest absolute Gasteiger partial charge is 0.380 e. The van der Waals surface area contributed by atoms with Crippen molar-refractivity contribution in [1.82, 2.24) is 5.32 Å². The summed E-state index contributed by atoms with van der Waals surface area (Å²) in [6, 6.07) is 5.08. The number of rotatable bonds is 8.